The Kier molecular flexibility index (Phi) is 5.05. The van der Waals surface area contributed by atoms with Crippen LogP contribution in [-0.2, 0) is 27.5 Å². The number of carbonyl (C=O) groups is 1. The molecule has 2 aromatic rings. The predicted octanol–water partition coefficient (Wildman–Crippen LogP) is 2.68. The minimum Gasteiger partial charge on any atom is -0.372 e. The molecule has 120 valence electrons. The van der Waals surface area contributed by atoms with Crippen LogP contribution < -0.4 is 5.32 Å². The number of benzene rings is 2. The van der Waals surface area contributed by atoms with E-state index >= 15 is 0 Å². The normalized spacial score (nSPS) is 21.3. The Morgan fingerprint density at radius 2 is 1.52 bits per heavy atom. The second kappa shape index (κ2) is 7.40. The van der Waals surface area contributed by atoms with Gasteiger partial charge in [0.15, 0.2) is 6.10 Å². The van der Waals surface area contributed by atoms with Crippen molar-refractivity contribution >= 4 is 5.91 Å². The number of nitrogens with one attached hydrogen (secondary N) is 1. The van der Waals surface area contributed by atoms with Gasteiger partial charge in [-0.1, -0.05) is 60.7 Å². The largest absolute Gasteiger partial charge is 0.372 e. The first kappa shape index (κ1) is 15.7. The molecule has 1 aliphatic heterocycles. The van der Waals surface area contributed by atoms with Gasteiger partial charge in [0.2, 0.25) is 0 Å². The molecule has 1 N–H and O–H groups in total. The highest BCUT2D eigenvalue weighted by Gasteiger charge is 2.44. The lowest BCUT2D eigenvalue weighted by atomic mass is 9.97. The Morgan fingerprint density at radius 1 is 0.957 bits per heavy atom. The summed E-state index contributed by atoms with van der Waals surface area (Å²) < 4.78 is 11.6. The number of hydrogen-bond acceptors (Lipinski definition) is 3. The maximum Gasteiger partial charge on any atom is 0.251 e. The first-order chi connectivity index (χ1) is 11.2. The molecule has 1 amide bonds. The van der Waals surface area contributed by atoms with Crippen LogP contribution in [0.25, 0.3) is 0 Å². The molecule has 0 unspecified atom stereocenters. The molecule has 1 aliphatic rings. The van der Waals surface area contributed by atoms with Crippen molar-refractivity contribution in [2.24, 2.45) is 0 Å². The predicted molar refractivity (Wildman–Crippen MR) is 87.6 cm³/mol. The zero-order valence-electron chi connectivity index (χ0n) is 13.1. The summed E-state index contributed by atoms with van der Waals surface area (Å²) in [6.45, 7) is 2.92. The third-order valence-electron chi connectivity index (χ3n) is 4.03. The summed E-state index contributed by atoms with van der Waals surface area (Å²) in [6.07, 6.45) is -0.547. The second-order valence-corrected chi connectivity index (χ2v) is 5.75. The number of carbonyl (C=O) groups excluding carboxylic acids is 1. The summed E-state index contributed by atoms with van der Waals surface area (Å²) in [4.78, 5) is 11.7. The minimum atomic E-state index is -0.444. The molecule has 0 radical (unpaired) electrons. The average Bonchev–Trinajstić information content (AvgIpc) is 2.59. The quantitative estimate of drug-likeness (QED) is 0.800. The number of amides is 1. The molecule has 2 aromatic carbocycles. The molecule has 4 heteroatoms. The molecular weight excluding hydrogens is 290 g/mol. The van der Waals surface area contributed by atoms with Crippen molar-refractivity contribution in [3.8, 4) is 0 Å². The molecule has 1 saturated heterocycles. The fourth-order valence-corrected chi connectivity index (χ4v) is 2.60. The Bertz CT molecular complexity index is 630. The summed E-state index contributed by atoms with van der Waals surface area (Å²) in [5, 5.41) is 2.88. The van der Waals surface area contributed by atoms with Crippen LogP contribution in [0.1, 0.15) is 18.1 Å². The van der Waals surface area contributed by atoms with Gasteiger partial charge in [-0.25, -0.2) is 0 Å². The monoisotopic (exact) mass is 311 g/mol. The first-order valence-corrected chi connectivity index (χ1v) is 7.85. The van der Waals surface area contributed by atoms with E-state index in [1.165, 1.54) is 0 Å². The number of hydrogen-bond donors (Lipinski definition) is 1. The van der Waals surface area contributed by atoms with Gasteiger partial charge in [0, 0.05) is 0 Å². The summed E-state index contributed by atoms with van der Waals surface area (Å²) in [6, 6.07) is 19.8. The van der Waals surface area contributed by atoms with Crippen LogP contribution in [0.5, 0.6) is 0 Å². The SMILES string of the molecule is C[C@H](OCc1ccccc1)[C@H]1NC(=O)[C@H]1OCc1ccccc1. The molecular formula is C19H21NO3. The van der Waals surface area contributed by atoms with Crippen LogP contribution in [-0.4, -0.2) is 24.2 Å². The van der Waals surface area contributed by atoms with Crippen LogP contribution in [0.2, 0.25) is 0 Å². The lowest BCUT2D eigenvalue weighted by Crippen LogP contribution is -2.67. The van der Waals surface area contributed by atoms with Gasteiger partial charge in [-0.05, 0) is 18.1 Å². The van der Waals surface area contributed by atoms with Crippen molar-refractivity contribution in [3.63, 3.8) is 0 Å². The van der Waals surface area contributed by atoms with Crippen molar-refractivity contribution in [1.29, 1.82) is 0 Å². The first-order valence-electron chi connectivity index (χ1n) is 7.85. The molecule has 3 rings (SSSR count). The van der Waals surface area contributed by atoms with Gasteiger partial charge in [0.05, 0.1) is 25.4 Å². The van der Waals surface area contributed by atoms with Gasteiger partial charge >= 0.3 is 0 Å². The van der Waals surface area contributed by atoms with E-state index in [-0.39, 0.29) is 18.1 Å². The molecule has 4 nitrogen and oxygen atoms in total. The summed E-state index contributed by atoms with van der Waals surface area (Å²) in [5.41, 5.74) is 2.18. The minimum absolute atomic E-state index is 0.0684. The lowest BCUT2D eigenvalue weighted by Gasteiger charge is -2.39. The lowest BCUT2D eigenvalue weighted by molar-refractivity contribution is -0.158. The van der Waals surface area contributed by atoms with Crippen LogP contribution >= 0.6 is 0 Å². The van der Waals surface area contributed by atoms with Crippen LogP contribution in [0.4, 0.5) is 0 Å². The van der Waals surface area contributed by atoms with E-state index in [9.17, 15) is 4.79 Å². The maximum absolute atomic E-state index is 11.7. The zero-order valence-corrected chi connectivity index (χ0v) is 13.1. The van der Waals surface area contributed by atoms with E-state index in [4.69, 9.17) is 9.47 Å². The van der Waals surface area contributed by atoms with E-state index < -0.39 is 6.10 Å². The van der Waals surface area contributed by atoms with Gasteiger partial charge in [-0.2, -0.15) is 0 Å². The van der Waals surface area contributed by atoms with Gasteiger partial charge in [0.1, 0.15) is 0 Å². The molecule has 0 spiro atoms. The third-order valence-corrected chi connectivity index (χ3v) is 4.03. The van der Waals surface area contributed by atoms with E-state index in [1.807, 2.05) is 67.6 Å². The number of ether oxygens (including phenoxy) is 2. The molecule has 1 fully saturated rings. The van der Waals surface area contributed by atoms with Crippen molar-refractivity contribution in [2.75, 3.05) is 0 Å². The average molecular weight is 311 g/mol. The summed E-state index contributed by atoms with van der Waals surface area (Å²) in [7, 11) is 0. The Morgan fingerprint density at radius 3 is 2.09 bits per heavy atom. The zero-order chi connectivity index (χ0) is 16.1. The second-order valence-electron chi connectivity index (χ2n) is 5.75. The third kappa shape index (κ3) is 3.97. The molecule has 0 aromatic heterocycles. The fraction of sp³-hybridized carbons (Fsp3) is 0.316. The molecule has 0 aliphatic carbocycles. The van der Waals surface area contributed by atoms with Crippen LogP contribution in [0.3, 0.4) is 0 Å². The van der Waals surface area contributed by atoms with Crippen molar-refractivity contribution in [3.05, 3.63) is 71.8 Å². The van der Waals surface area contributed by atoms with Crippen LogP contribution in [0.15, 0.2) is 60.7 Å². The highest BCUT2D eigenvalue weighted by molar-refractivity contribution is 5.88. The van der Waals surface area contributed by atoms with E-state index in [0.29, 0.717) is 13.2 Å². The molecule has 3 atom stereocenters. The summed E-state index contributed by atoms with van der Waals surface area (Å²) >= 11 is 0. The molecule has 0 bridgehead atoms. The van der Waals surface area contributed by atoms with Gasteiger partial charge in [-0.3, -0.25) is 4.79 Å². The Balaban J connectivity index is 1.50. The van der Waals surface area contributed by atoms with Crippen molar-refractivity contribution in [1.82, 2.24) is 5.32 Å². The molecule has 23 heavy (non-hydrogen) atoms. The van der Waals surface area contributed by atoms with E-state index in [1.54, 1.807) is 0 Å². The van der Waals surface area contributed by atoms with E-state index in [2.05, 4.69) is 5.32 Å². The van der Waals surface area contributed by atoms with Crippen molar-refractivity contribution in [2.45, 2.75) is 38.4 Å². The number of β-lactam (4-membered cyclic amide) rings is 1. The summed E-state index contributed by atoms with van der Waals surface area (Å²) in [5.74, 6) is -0.0684. The smallest absolute Gasteiger partial charge is 0.251 e. The fourth-order valence-electron chi connectivity index (χ4n) is 2.60. The van der Waals surface area contributed by atoms with Crippen molar-refractivity contribution < 1.29 is 14.3 Å². The van der Waals surface area contributed by atoms with Gasteiger partial charge in [0.25, 0.3) is 5.91 Å². The molecule has 0 saturated carbocycles. The van der Waals surface area contributed by atoms with E-state index in [0.717, 1.165) is 11.1 Å². The topological polar surface area (TPSA) is 47.6 Å². The Hall–Kier alpha value is -2.17. The van der Waals surface area contributed by atoms with Gasteiger partial charge in [-0.15, -0.1) is 0 Å². The standard InChI is InChI=1S/C19H21NO3/c1-14(22-12-15-8-4-2-5-9-15)17-18(19(21)20-17)23-13-16-10-6-3-7-11-16/h2-11,14,17-18H,12-13H2,1H3,(H,20,21)/t14-,17+,18-/m0/s1. The highest BCUT2D eigenvalue weighted by Crippen LogP contribution is 2.19. The Labute approximate surface area is 136 Å². The number of rotatable bonds is 7. The van der Waals surface area contributed by atoms with Gasteiger partial charge < -0.3 is 14.8 Å². The van der Waals surface area contributed by atoms with Crippen LogP contribution in [0, 0.1) is 0 Å². The highest BCUT2D eigenvalue weighted by atomic mass is 16.5. The maximum atomic E-state index is 11.7. The molecule has 1 heterocycles.